The Morgan fingerprint density at radius 2 is 2.04 bits per heavy atom. The average Bonchev–Trinajstić information content (AvgIpc) is 2.84. The third-order valence-corrected chi connectivity index (χ3v) is 5.91. The molecule has 1 saturated heterocycles. The molecule has 0 radical (unpaired) electrons. The number of rotatable bonds is 4. The van der Waals surface area contributed by atoms with Crippen molar-refractivity contribution < 1.29 is 19.4 Å². The Kier molecular flexibility index (Phi) is 5.87. The fraction of sp³-hybridized carbons (Fsp3) is 0.900. The summed E-state index contributed by atoms with van der Waals surface area (Å²) in [6.07, 6.45) is 3.96. The molecule has 1 saturated carbocycles. The van der Waals surface area contributed by atoms with Crippen molar-refractivity contribution in [2.45, 2.75) is 85.3 Å². The van der Waals surface area contributed by atoms with Gasteiger partial charge in [-0.3, -0.25) is 4.79 Å². The van der Waals surface area contributed by atoms with Crippen molar-refractivity contribution in [2.24, 2.45) is 23.2 Å². The van der Waals surface area contributed by atoms with Gasteiger partial charge < -0.3 is 9.84 Å². The highest BCUT2D eigenvalue weighted by Gasteiger charge is 2.53. The standard InChI is InChI=1S/C20H35NO4/c1-7-8-9-14-10-13(2)11-20(6,24)16(14)17(22)21-15(19(3,4)5)12-25-18(21)23/h13-16,24H,7-12H2,1-6H3/t13-,14+,15+,16+,20+/m0/s1. The zero-order chi connectivity index (χ0) is 19.0. The van der Waals surface area contributed by atoms with E-state index >= 15 is 0 Å². The molecule has 1 aliphatic carbocycles. The second kappa shape index (κ2) is 7.26. The van der Waals surface area contributed by atoms with Gasteiger partial charge in [0.15, 0.2) is 0 Å². The number of aliphatic hydroxyl groups is 1. The van der Waals surface area contributed by atoms with Gasteiger partial charge in [-0.15, -0.1) is 0 Å². The van der Waals surface area contributed by atoms with E-state index in [1.54, 1.807) is 6.92 Å². The van der Waals surface area contributed by atoms with Gasteiger partial charge >= 0.3 is 6.09 Å². The summed E-state index contributed by atoms with van der Waals surface area (Å²) in [4.78, 5) is 27.0. The molecule has 5 nitrogen and oxygen atoms in total. The molecule has 5 atom stereocenters. The average molecular weight is 354 g/mol. The van der Waals surface area contributed by atoms with Crippen LogP contribution in [-0.4, -0.2) is 40.3 Å². The fourth-order valence-electron chi connectivity index (χ4n) is 4.75. The van der Waals surface area contributed by atoms with Crippen LogP contribution in [0.15, 0.2) is 0 Å². The van der Waals surface area contributed by atoms with Gasteiger partial charge in [-0.2, -0.15) is 0 Å². The van der Waals surface area contributed by atoms with Gasteiger partial charge in [0.25, 0.3) is 0 Å². The van der Waals surface area contributed by atoms with Gasteiger partial charge in [0.05, 0.1) is 17.6 Å². The molecular weight excluding hydrogens is 318 g/mol. The number of carbonyl (C=O) groups excluding carboxylic acids is 2. The van der Waals surface area contributed by atoms with Crippen LogP contribution in [0.4, 0.5) is 4.79 Å². The fourth-order valence-corrected chi connectivity index (χ4v) is 4.75. The first-order valence-corrected chi connectivity index (χ1v) is 9.71. The summed E-state index contributed by atoms with van der Waals surface area (Å²) in [5, 5.41) is 11.1. The number of imide groups is 1. The van der Waals surface area contributed by atoms with Gasteiger partial charge in [0.2, 0.25) is 5.91 Å². The molecule has 0 bridgehead atoms. The van der Waals surface area contributed by atoms with Crippen molar-refractivity contribution in [3.63, 3.8) is 0 Å². The quantitative estimate of drug-likeness (QED) is 0.830. The maximum Gasteiger partial charge on any atom is 0.417 e. The molecule has 2 amide bonds. The van der Waals surface area contributed by atoms with Crippen molar-refractivity contribution in [2.75, 3.05) is 6.61 Å². The number of hydrogen-bond donors (Lipinski definition) is 1. The SMILES string of the molecule is CCCC[C@@H]1C[C@H](C)C[C@@](C)(O)[C@H]1C(=O)N1C(=O)OC[C@@H]1C(C)(C)C. The van der Waals surface area contributed by atoms with Crippen molar-refractivity contribution >= 4 is 12.0 Å². The molecule has 25 heavy (non-hydrogen) atoms. The highest BCUT2D eigenvalue weighted by Crippen LogP contribution is 2.45. The summed E-state index contributed by atoms with van der Waals surface area (Å²) in [6, 6.07) is -0.283. The molecule has 1 N–H and O–H groups in total. The highest BCUT2D eigenvalue weighted by molar-refractivity contribution is 5.95. The Bertz CT molecular complexity index is 508. The van der Waals surface area contributed by atoms with E-state index < -0.39 is 17.6 Å². The molecule has 1 aliphatic heterocycles. The van der Waals surface area contributed by atoms with Crippen molar-refractivity contribution in [3.05, 3.63) is 0 Å². The largest absolute Gasteiger partial charge is 0.447 e. The van der Waals surface area contributed by atoms with Crippen molar-refractivity contribution in [1.82, 2.24) is 4.90 Å². The highest BCUT2D eigenvalue weighted by atomic mass is 16.6. The van der Waals surface area contributed by atoms with Gasteiger partial charge in [0, 0.05) is 0 Å². The minimum Gasteiger partial charge on any atom is -0.447 e. The number of nitrogens with zero attached hydrogens (tertiary/aromatic N) is 1. The van der Waals surface area contributed by atoms with E-state index in [1.165, 1.54) is 4.90 Å². The summed E-state index contributed by atoms with van der Waals surface area (Å²) in [5.74, 6) is -0.295. The molecule has 0 spiro atoms. The predicted molar refractivity (Wildman–Crippen MR) is 97.0 cm³/mol. The molecular formula is C20H35NO4. The molecule has 144 valence electrons. The smallest absolute Gasteiger partial charge is 0.417 e. The van der Waals surface area contributed by atoms with Crippen LogP contribution in [0.2, 0.25) is 0 Å². The Morgan fingerprint density at radius 1 is 1.40 bits per heavy atom. The monoisotopic (exact) mass is 353 g/mol. The molecule has 2 rings (SSSR count). The first-order chi connectivity index (χ1) is 11.5. The van der Waals surface area contributed by atoms with Crippen LogP contribution in [0.3, 0.4) is 0 Å². The zero-order valence-corrected chi connectivity index (χ0v) is 16.7. The summed E-state index contributed by atoms with van der Waals surface area (Å²) in [5.41, 5.74) is -1.34. The third kappa shape index (κ3) is 4.18. The number of hydrogen-bond acceptors (Lipinski definition) is 4. The lowest BCUT2D eigenvalue weighted by atomic mass is 9.64. The minimum atomic E-state index is -1.08. The Hall–Kier alpha value is -1.10. The molecule has 0 aromatic heterocycles. The lowest BCUT2D eigenvalue weighted by molar-refractivity contribution is -0.155. The molecule has 5 heteroatoms. The minimum absolute atomic E-state index is 0.111. The van der Waals surface area contributed by atoms with Crippen LogP contribution in [0.25, 0.3) is 0 Å². The summed E-state index contributed by atoms with van der Waals surface area (Å²) in [6.45, 7) is 12.3. The van der Waals surface area contributed by atoms with Crippen LogP contribution >= 0.6 is 0 Å². The topological polar surface area (TPSA) is 66.8 Å². The predicted octanol–water partition coefficient (Wildman–Crippen LogP) is 3.98. The first kappa shape index (κ1) is 20.2. The van der Waals surface area contributed by atoms with Crippen molar-refractivity contribution in [3.8, 4) is 0 Å². The van der Waals surface area contributed by atoms with E-state index in [0.29, 0.717) is 12.3 Å². The number of amides is 2. The van der Waals surface area contributed by atoms with Crippen LogP contribution in [0.1, 0.15) is 73.6 Å². The lowest BCUT2D eigenvalue weighted by Gasteiger charge is -2.46. The number of cyclic esters (lactones) is 1. The Balaban J connectivity index is 2.33. The van der Waals surface area contributed by atoms with E-state index in [1.807, 2.05) is 20.8 Å². The lowest BCUT2D eigenvalue weighted by Crippen LogP contribution is -2.57. The van der Waals surface area contributed by atoms with E-state index in [9.17, 15) is 14.7 Å². The van der Waals surface area contributed by atoms with Gasteiger partial charge in [-0.1, -0.05) is 47.5 Å². The molecule has 1 heterocycles. The van der Waals surface area contributed by atoms with E-state index in [0.717, 1.165) is 25.7 Å². The van der Waals surface area contributed by atoms with E-state index in [-0.39, 0.29) is 29.9 Å². The maximum absolute atomic E-state index is 13.4. The molecule has 0 aromatic carbocycles. The van der Waals surface area contributed by atoms with Crippen LogP contribution in [-0.2, 0) is 9.53 Å². The molecule has 2 fully saturated rings. The summed E-state index contributed by atoms with van der Waals surface area (Å²) < 4.78 is 5.21. The number of unbranched alkanes of at least 4 members (excludes halogenated alkanes) is 1. The number of ether oxygens (including phenoxy) is 1. The second-order valence-corrected chi connectivity index (χ2v) is 9.45. The zero-order valence-electron chi connectivity index (χ0n) is 16.7. The van der Waals surface area contributed by atoms with Crippen LogP contribution in [0, 0.1) is 23.2 Å². The third-order valence-electron chi connectivity index (χ3n) is 5.91. The molecule has 2 aliphatic rings. The molecule has 0 unspecified atom stereocenters. The van der Waals surface area contributed by atoms with Gasteiger partial charge in [-0.05, 0) is 43.4 Å². The maximum atomic E-state index is 13.4. The normalized spacial score (nSPS) is 36.4. The van der Waals surface area contributed by atoms with Gasteiger partial charge in [0.1, 0.15) is 6.61 Å². The van der Waals surface area contributed by atoms with E-state index in [4.69, 9.17) is 4.74 Å². The second-order valence-electron chi connectivity index (χ2n) is 9.45. The Labute approximate surface area is 152 Å². The summed E-state index contributed by atoms with van der Waals surface area (Å²) >= 11 is 0. The summed E-state index contributed by atoms with van der Waals surface area (Å²) in [7, 11) is 0. The van der Waals surface area contributed by atoms with Crippen LogP contribution in [0.5, 0.6) is 0 Å². The Morgan fingerprint density at radius 3 is 2.60 bits per heavy atom. The first-order valence-electron chi connectivity index (χ1n) is 9.71. The van der Waals surface area contributed by atoms with E-state index in [2.05, 4.69) is 13.8 Å². The number of carbonyl (C=O) groups is 2. The van der Waals surface area contributed by atoms with Gasteiger partial charge in [-0.25, -0.2) is 9.69 Å². The van der Waals surface area contributed by atoms with Crippen molar-refractivity contribution in [1.29, 1.82) is 0 Å². The van der Waals surface area contributed by atoms with Crippen LogP contribution < -0.4 is 0 Å². The molecule has 0 aromatic rings.